The molecule has 4 nitrogen and oxygen atoms in total. The second-order valence-electron chi connectivity index (χ2n) is 8.02. The Balaban J connectivity index is 0. The van der Waals surface area contributed by atoms with Gasteiger partial charge in [0.15, 0.2) is 0 Å². The molecule has 28 heavy (non-hydrogen) atoms. The summed E-state index contributed by atoms with van der Waals surface area (Å²) in [7, 11) is 0. The van der Waals surface area contributed by atoms with Crippen LogP contribution in [0.25, 0.3) is 0 Å². The number of carboxylic acid groups (broad SMARTS) is 1. The minimum absolute atomic E-state index is 0.345. The van der Waals surface area contributed by atoms with Crippen LogP contribution in [0.4, 0.5) is 0 Å². The van der Waals surface area contributed by atoms with E-state index in [2.05, 4.69) is 25.7 Å². The summed E-state index contributed by atoms with van der Waals surface area (Å²) in [5, 5.41) is 8.49. The minimum atomic E-state index is -0.655. The highest BCUT2D eigenvalue weighted by Crippen LogP contribution is 2.12. The van der Waals surface area contributed by atoms with Crippen molar-refractivity contribution in [2.24, 2.45) is 5.73 Å². The lowest BCUT2D eigenvalue weighted by molar-refractivity contribution is -0.137. The maximum atomic E-state index is 10.3. The van der Waals surface area contributed by atoms with E-state index < -0.39 is 5.97 Å². The number of aliphatic carboxylic acids is 1. The van der Waals surface area contributed by atoms with Crippen LogP contribution in [0.3, 0.4) is 0 Å². The molecule has 4 heteroatoms. The Morgan fingerprint density at radius 1 is 0.643 bits per heavy atom. The molecule has 0 heterocycles. The van der Waals surface area contributed by atoms with Crippen LogP contribution in [-0.4, -0.2) is 42.2 Å². The average Bonchev–Trinajstić information content (AvgIpc) is 2.66. The first-order valence-corrected chi connectivity index (χ1v) is 12.3. The van der Waals surface area contributed by atoms with Gasteiger partial charge < -0.3 is 15.7 Å². The normalized spacial score (nSPS) is 10.8. The van der Waals surface area contributed by atoms with Gasteiger partial charge in [-0.1, -0.05) is 97.8 Å². The third kappa shape index (κ3) is 27.6. The minimum Gasteiger partial charge on any atom is -0.481 e. The van der Waals surface area contributed by atoms with Gasteiger partial charge in [0.05, 0.1) is 0 Å². The summed E-state index contributed by atoms with van der Waals surface area (Å²) in [5.41, 5.74) is 5.45. The van der Waals surface area contributed by atoms with E-state index in [0.29, 0.717) is 6.42 Å². The molecule has 0 fully saturated rings. The first-order valence-electron chi connectivity index (χ1n) is 12.3. The Hall–Kier alpha value is -0.610. The molecule has 170 valence electrons. The molecule has 0 radical (unpaired) electrons. The van der Waals surface area contributed by atoms with Crippen molar-refractivity contribution in [3.63, 3.8) is 0 Å². The average molecular weight is 401 g/mol. The van der Waals surface area contributed by atoms with Crippen LogP contribution in [0.2, 0.25) is 0 Å². The molecule has 0 aliphatic heterocycles. The molecular weight excluding hydrogens is 348 g/mol. The van der Waals surface area contributed by atoms with Crippen molar-refractivity contribution < 1.29 is 9.90 Å². The van der Waals surface area contributed by atoms with E-state index in [-0.39, 0.29) is 0 Å². The Kier molecular flexibility index (Phi) is 27.9. The summed E-state index contributed by atoms with van der Waals surface area (Å²) in [6.07, 6.45) is 19.7. The van der Waals surface area contributed by atoms with Gasteiger partial charge in [0, 0.05) is 19.5 Å². The van der Waals surface area contributed by atoms with Crippen molar-refractivity contribution in [2.45, 2.75) is 124 Å². The standard InChI is InChI=1S/C16H32O2.C8H20N2/c1-2-3-4-5-6-7-8-9-10-11-12-13-14-15-16(17)18;1-3-6-10(7-4-2)8-5-9/h2-15H2,1H3,(H,17,18);3-9H2,1-2H3. The lowest BCUT2D eigenvalue weighted by Crippen LogP contribution is -2.30. The number of hydrogen-bond donors (Lipinski definition) is 2. The summed E-state index contributed by atoms with van der Waals surface area (Å²) in [6, 6.07) is 0. The molecule has 0 saturated carbocycles. The lowest BCUT2D eigenvalue weighted by Gasteiger charge is -2.19. The number of carbonyl (C=O) groups is 1. The van der Waals surface area contributed by atoms with Crippen molar-refractivity contribution in [3.8, 4) is 0 Å². The van der Waals surface area contributed by atoms with Gasteiger partial charge in [-0.3, -0.25) is 4.79 Å². The number of nitrogens with two attached hydrogens (primary N) is 1. The highest BCUT2D eigenvalue weighted by Gasteiger charge is 1.98. The first kappa shape index (κ1) is 29.6. The third-order valence-electron chi connectivity index (χ3n) is 5.02. The molecule has 0 aliphatic carbocycles. The van der Waals surface area contributed by atoms with Crippen LogP contribution < -0.4 is 5.73 Å². The molecule has 0 aromatic heterocycles. The summed E-state index contributed by atoms with van der Waals surface area (Å²) < 4.78 is 0. The van der Waals surface area contributed by atoms with Gasteiger partial charge in [0.1, 0.15) is 0 Å². The van der Waals surface area contributed by atoms with Crippen molar-refractivity contribution in [3.05, 3.63) is 0 Å². The van der Waals surface area contributed by atoms with Crippen molar-refractivity contribution in [2.75, 3.05) is 26.2 Å². The van der Waals surface area contributed by atoms with E-state index >= 15 is 0 Å². The first-order chi connectivity index (χ1) is 13.6. The van der Waals surface area contributed by atoms with E-state index in [4.69, 9.17) is 10.8 Å². The number of carboxylic acids is 1. The number of nitrogens with zero attached hydrogens (tertiary/aromatic N) is 1. The molecule has 0 aromatic carbocycles. The molecule has 0 rings (SSSR count). The van der Waals surface area contributed by atoms with Crippen LogP contribution in [0.15, 0.2) is 0 Å². The molecule has 0 aliphatic rings. The highest BCUT2D eigenvalue weighted by atomic mass is 16.4. The van der Waals surface area contributed by atoms with Crippen LogP contribution in [0.1, 0.15) is 124 Å². The molecule has 0 saturated heterocycles. The molecule has 0 bridgehead atoms. The largest absolute Gasteiger partial charge is 0.481 e. The van der Waals surface area contributed by atoms with Gasteiger partial charge in [-0.2, -0.15) is 0 Å². The predicted molar refractivity (Wildman–Crippen MR) is 124 cm³/mol. The van der Waals surface area contributed by atoms with E-state index in [1.165, 1.54) is 96.6 Å². The van der Waals surface area contributed by atoms with E-state index in [1.54, 1.807) is 0 Å². The quantitative estimate of drug-likeness (QED) is 0.225. The van der Waals surface area contributed by atoms with E-state index in [0.717, 1.165) is 25.9 Å². The van der Waals surface area contributed by atoms with Crippen molar-refractivity contribution in [1.29, 1.82) is 0 Å². The van der Waals surface area contributed by atoms with Gasteiger partial charge in [-0.15, -0.1) is 0 Å². The second-order valence-corrected chi connectivity index (χ2v) is 8.02. The summed E-state index contributed by atoms with van der Waals surface area (Å²) in [4.78, 5) is 12.7. The Bertz CT molecular complexity index is 284. The van der Waals surface area contributed by atoms with Gasteiger partial charge >= 0.3 is 5.97 Å². The smallest absolute Gasteiger partial charge is 0.303 e. The highest BCUT2D eigenvalue weighted by molar-refractivity contribution is 5.66. The number of rotatable bonds is 20. The molecule has 0 unspecified atom stereocenters. The molecule has 0 aromatic rings. The van der Waals surface area contributed by atoms with Crippen LogP contribution in [-0.2, 0) is 4.79 Å². The van der Waals surface area contributed by atoms with Gasteiger partial charge in [0.25, 0.3) is 0 Å². The van der Waals surface area contributed by atoms with Crippen LogP contribution in [0.5, 0.6) is 0 Å². The summed E-state index contributed by atoms with van der Waals surface area (Å²) >= 11 is 0. The predicted octanol–water partition coefficient (Wildman–Crippen LogP) is 6.62. The topological polar surface area (TPSA) is 66.6 Å². The zero-order valence-corrected chi connectivity index (χ0v) is 19.5. The molecule has 0 spiro atoms. The third-order valence-corrected chi connectivity index (χ3v) is 5.02. The second kappa shape index (κ2) is 26.4. The van der Waals surface area contributed by atoms with E-state index in [9.17, 15) is 4.79 Å². The SMILES string of the molecule is CCCCCCCCCCCCCCCC(=O)O.CCCN(CCC)CCN. The number of unbranched alkanes of at least 4 members (excludes halogenated alkanes) is 12. The maximum absolute atomic E-state index is 10.3. The molecule has 0 amide bonds. The molecule has 3 N–H and O–H groups in total. The van der Waals surface area contributed by atoms with Crippen LogP contribution >= 0.6 is 0 Å². The fourth-order valence-electron chi connectivity index (χ4n) is 3.44. The fraction of sp³-hybridized carbons (Fsp3) is 0.958. The van der Waals surface area contributed by atoms with Gasteiger partial charge in [0.2, 0.25) is 0 Å². The Morgan fingerprint density at radius 3 is 1.36 bits per heavy atom. The van der Waals surface area contributed by atoms with Gasteiger partial charge in [-0.05, 0) is 32.4 Å². The Morgan fingerprint density at radius 2 is 1.04 bits per heavy atom. The summed E-state index contributed by atoms with van der Waals surface area (Å²) in [6.45, 7) is 10.9. The lowest BCUT2D eigenvalue weighted by atomic mass is 10.0. The monoisotopic (exact) mass is 400 g/mol. The van der Waals surface area contributed by atoms with Gasteiger partial charge in [-0.25, -0.2) is 0 Å². The molecular formula is C24H52N2O2. The maximum Gasteiger partial charge on any atom is 0.303 e. The van der Waals surface area contributed by atoms with Crippen molar-refractivity contribution in [1.82, 2.24) is 4.90 Å². The zero-order chi connectivity index (χ0) is 21.3. The fourth-order valence-corrected chi connectivity index (χ4v) is 3.44. The molecule has 0 atom stereocenters. The van der Waals surface area contributed by atoms with Crippen molar-refractivity contribution >= 4 is 5.97 Å². The summed E-state index contributed by atoms with van der Waals surface area (Å²) in [5.74, 6) is -0.655. The van der Waals surface area contributed by atoms with Crippen LogP contribution in [0, 0.1) is 0 Å². The number of hydrogen-bond acceptors (Lipinski definition) is 3. The Labute approximate surface area is 176 Å². The zero-order valence-electron chi connectivity index (χ0n) is 19.5. The van der Waals surface area contributed by atoms with E-state index in [1.807, 2.05) is 0 Å².